The molecule has 2 aromatic carbocycles. The lowest BCUT2D eigenvalue weighted by Crippen LogP contribution is -2.48. The van der Waals surface area contributed by atoms with Gasteiger partial charge in [0.1, 0.15) is 5.82 Å². The Morgan fingerprint density at radius 1 is 1.04 bits per heavy atom. The quantitative estimate of drug-likeness (QED) is 0.713. The largest absolute Gasteiger partial charge is 0.336 e. The van der Waals surface area contributed by atoms with Crippen molar-refractivity contribution in [3.8, 4) is 0 Å². The molecular weight excluding hydrogens is 341 g/mol. The second kappa shape index (κ2) is 7.45. The van der Waals surface area contributed by atoms with Crippen LogP contribution in [0.4, 0.5) is 4.39 Å². The maximum absolute atomic E-state index is 13.7. The molecule has 0 unspecified atom stereocenters. The highest BCUT2D eigenvalue weighted by Crippen LogP contribution is 2.22. The fourth-order valence-corrected chi connectivity index (χ4v) is 3.63. The highest BCUT2D eigenvalue weighted by Gasteiger charge is 2.24. The molecule has 0 aliphatic carbocycles. The van der Waals surface area contributed by atoms with Gasteiger partial charge in [-0.15, -0.1) is 0 Å². The van der Waals surface area contributed by atoms with Gasteiger partial charge < -0.3 is 4.90 Å². The molecule has 27 heavy (non-hydrogen) atoms. The molecule has 4 rings (SSSR count). The van der Waals surface area contributed by atoms with Gasteiger partial charge in [-0.2, -0.15) is 0 Å². The molecule has 0 bridgehead atoms. The van der Waals surface area contributed by atoms with Gasteiger partial charge >= 0.3 is 0 Å². The number of rotatable bonds is 3. The highest BCUT2D eigenvalue weighted by atomic mass is 19.1. The molecule has 1 aromatic heterocycles. The van der Waals surface area contributed by atoms with Crippen LogP contribution in [-0.2, 0) is 6.54 Å². The molecule has 0 spiro atoms. The third-order valence-electron chi connectivity index (χ3n) is 5.04. The van der Waals surface area contributed by atoms with Crippen LogP contribution in [-0.4, -0.2) is 46.9 Å². The van der Waals surface area contributed by atoms with Gasteiger partial charge in [0.15, 0.2) is 0 Å². The standard InChI is InChI=1S/C22H22FN3O/c1-16-13-20(19-14-18(23)7-8-21(19)24-16)22(27)26-11-9-25(10-12-26)15-17-5-3-2-4-6-17/h2-8,13-14H,9-12,15H2,1H3. The predicted molar refractivity (Wildman–Crippen MR) is 104 cm³/mol. The Hall–Kier alpha value is -2.79. The third-order valence-corrected chi connectivity index (χ3v) is 5.04. The first-order valence-corrected chi connectivity index (χ1v) is 9.22. The summed E-state index contributed by atoms with van der Waals surface area (Å²) in [5.74, 6) is -0.398. The van der Waals surface area contributed by atoms with Gasteiger partial charge in [0.05, 0.1) is 11.1 Å². The van der Waals surface area contributed by atoms with E-state index in [1.807, 2.05) is 30.0 Å². The predicted octanol–water partition coefficient (Wildman–Crippen LogP) is 3.64. The fraction of sp³-hybridized carbons (Fsp3) is 0.273. The summed E-state index contributed by atoms with van der Waals surface area (Å²) in [6.07, 6.45) is 0. The first kappa shape index (κ1) is 17.6. The van der Waals surface area contributed by atoms with Gasteiger partial charge in [-0.3, -0.25) is 14.7 Å². The summed E-state index contributed by atoms with van der Waals surface area (Å²) in [5, 5.41) is 0.581. The number of carbonyl (C=O) groups is 1. The molecule has 1 fully saturated rings. The maximum Gasteiger partial charge on any atom is 0.254 e. The van der Waals surface area contributed by atoms with E-state index in [4.69, 9.17) is 0 Å². The molecular formula is C22H22FN3O. The van der Waals surface area contributed by atoms with Crippen LogP contribution in [0.5, 0.6) is 0 Å². The molecule has 0 atom stereocenters. The van der Waals surface area contributed by atoms with Gasteiger partial charge in [0.2, 0.25) is 0 Å². The van der Waals surface area contributed by atoms with Crippen LogP contribution in [0.15, 0.2) is 54.6 Å². The van der Waals surface area contributed by atoms with E-state index in [2.05, 4.69) is 22.0 Å². The third kappa shape index (κ3) is 3.83. The number of pyridine rings is 1. The molecule has 138 valence electrons. The zero-order valence-electron chi connectivity index (χ0n) is 15.4. The Bertz CT molecular complexity index is 966. The Kier molecular flexibility index (Phi) is 4.86. The van der Waals surface area contributed by atoms with E-state index in [1.54, 1.807) is 12.1 Å². The van der Waals surface area contributed by atoms with Crippen molar-refractivity contribution in [2.75, 3.05) is 26.2 Å². The summed E-state index contributed by atoms with van der Waals surface area (Å²) in [6.45, 7) is 5.75. The van der Waals surface area contributed by atoms with Crippen LogP contribution in [0, 0.1) is 12.7 Å². The number of halogens is 1. The first-order chi connectivity index (χ1) is 13.1. The monoisotopic (exact) mass is 363 g/mol. The van der Waals surface area contributed by atoms with Crippen molar-refractivity contribution in [1.82, 2.24) is 14.8 Å². The molecule has 1 aliphatic heterocycles. The van der Waals surface area contributed by atoms with E-state index in [0.717, 1.165) is 25.3 Å². The summed E-state index contributed by atoms with van der Waals surface area (Å²) in [4.78, 5) is 21.7. The topological polar surface area (TPSA) is 36.4 Å². The van der Waals surface area contributed by atoms with Crippen LogP contribution in [0.25, 0.3) is 10.9 Å². The zero-order valence-corrected chi connectivity index (χ0v) is 15.4. The molecule has 0 saturated carbocycles. The minimum Gasteiger partial charge on any atom is -0.336 e. The Labute approximate surface area is 158 Å². The van der Waals surface area contributed by atoms with Gasteiger partial charge in [0, 0.05) is 43.8 Å². The van der Waals surface area contributed by atoms with Crippen LogP contribution < -0.4 is 0 Å². The lowest BCUT2D eigenvalue weighted by atomic mass is 10.1. The number of amides is 1. The molecule has 1 saturated heterocycles. The van der Waals surface area contributed by atoms with Crippen LogP contribution >= 0.6 is 0 Å². The van der Waals surface area contributed by atoms with Gasteiger partial charge in [0.25, 0.3) is 5.91 Å². The van der Waals surface area contributed by atoms with Gasteiger partial charge in [-0.05, 0) is 36.8 Å². The highest BCUT2D eigenvalue weighted by molar-refractivity contribution is 6.06. The molecule has 5 heteroatoms. The molecule has 4 nitrogen and oxygen atoms in total. The smallest absolute Gasteiger partial charge is 0.254 e. The minimum absolute atomic E-state index is 0.0459. The van der Waals surface area contributed by atoms with Crippen LogP contribution in [0.2, 0.25) is 0 Å². The number of hydrogen-bond acceptors (Lipinski definition) is 3. The zero-order chi connectivity index (χ0) is 18.8. The van der Waals surface area contributed by atoms with E-state index in [0.29, 0.717) is 29.6 Å². The second-order valence-corrected chi connectivity index (χ2v) is 7.03. The van der Waals surface area contributed by atoms with Gasteiger partial charge in [-0.25, -0.2) is 4.39 Å². The number of aromatic nitrogens is 1. The van der Waals surface area contributed by atoms with Crippen molar-refractivity contribution in [3.63, 3.8) is 0 Å². The van der Waals surface area contributed by atoms with Crippen molar-refractivity contribution in [2.24, 2.45) is 0 Å². The lowest BCUT2D eigenvalue weighted by molar-refractivity contribution is 0.0630. The molecule has 2 heterocycles. The lowest BCUT2D eigenvalue weighted by Gasteiger charge is -2.35. The van der Waals surface area contributed by atoms with Crippen LogP contribution in [0.3, 0.4) is 0 Å². The van der Waals surface area contributed by atoms with Crippen molar-refractivity contribution < 1.29 is 9.18 Å². The molecule has 0 radical (unpaired) electrons. The number of fused-ring (bicyclic) bond motifs is 1. The van der Waals surface area contributed by atoms with Crippen molar-refractivity contribution in [1.29, 1.82) is 0 Å². The number of benzene rings is 2. The second-order valence-electron chi connectivity index (χ2n) is 7.03. The Balaban J connectivity index is 1.50. The number of piperazine rings is 1. The first-order valence-electron chi connectivity index (χ1n) is 9.22. The van der Waals surface area contributed by atoms with Crippen molar-refractivity contribution >= 4 is 16.8 Å². The SMILES string of the molecule is Cc1cc(C(=O)N2CCN(Cc3ccccc3)CC2)c2cc(F)ccc2n1. The summed E-state index contributed by atoms with van der Waals surface area (Å²) in [7, 11) is 0. The summed E-state index contributed by atoms with van der Waals surface area (Å²) < 4.78 is 13.7. The van der Waals surface area contributed by atoms with Crippen molar-refractivity contribution in [2.45, 2.75) is 13.5 Å². The van der Waals surface area contributed by atoms with E-state index in [1.165, 1.54) is 17.7 Å². The maximum atomic E-state index is 13.7. The van der Waals surface area contributed by atoms with E-state index < -0.39 is 0 Å². The molecule has 1 amide bonds. The average Bonchev–Trinajstić information content (AvgIpc) is 2.68. The number of aryl methyl sites for hydroxylation is 1. The normalized spacial score (nSPS) is 15.3. The van der Waals surface area contributed by atoms with E-state index >= 15 is 0 Å². The van der Waals surface area contributed by atoms with Crippen LogP contribution in [0.1, 0.15) is 21.6 Å². The molecule has 3 aromatic rings. The molecule has 0 N–H and O–H groups in total. The summed E-state index contributed by atoms with van der Waals surface area (Å²) in [6, 6.07) is 16.5. The number of carbonyl (C=O) groups excluding carboxylic acids is 1. The van der Waals surface area contributed by atoms with E-state index in [9.17, 15) is 9.18 Å². The minimum atomic E-state index is -0.352. The Morgan fingerprint density at radius 2 is 1.78 bits per heavy atom. The van der Waals surface area contributed by atoms with E-state index in [-0.39, 0.29) is 11.7 Å². The summed E-state index contributed by atoms with van der Waals surface area (Å²) in [5.41, 5.74) is 3.24. The number of hydrogen-bond donors (Lipinski definition) is 0. The number of nitrogens with zero attached hydrogens (tertiary/aromatic N) is 3. The fourth-order valence-electron chi connectivity index (χ4n) is 3.63. The van der Waals surface area contributed by atoms with Crippen molar-refractivity contribution in [3.05, 3.63) is 77.2 Å². The Morgan fingerprint density at radius 3 is 2.52 bits per heavy atom. The molecule has 1 aliphatic rings. The van der Waals surface area contributed by atoms with Gasteiger partial charge in [-0.1, -0.05) is 30.3 Å². The summed E-state index contributed by atoms with van der Waals surface area (Å²) >= 11 is 0. The average molecular weight is 363 g/mol.